The Balaban J connectivity index is 2.11. The quantitative estimate of drug-likeness (QED) is 0.777. The number of ether oxygens (including phenoxy) is 1. The Morgan fingerprint density at radius 3 is 2.45 bits per heavy atom. The maximum Gasteiger partial charge on any atom is 0.166 e. The minimum atomic E-state index is -0.763. The number of aryl methyl sites for hydroxylation is 1. The third kappa shape index (κ3) is 3.20. The van der Waals surface area contributed by atoms with Gasteiger partial charge in [-0.15, -0.1) is 0 Å². The summed E-state index contributed by atoms with van der Waals surface area (Å²) in [4.78, 5) is 11.9. The van der Waals surface area contributed by atoms with Crippen LogP contribution in [0.1, 0.15) is 22.3 Å². The second kappa shape index (κ2) is 6.28. The van der Waals surface area contributed by atoms with E-state index in [2.05, 4.69) is 4.74 Å². The molecule has 4 heteroatoms. The smallest absolute Gasteiger partial charge is 0.166 e. The number of carbonyl (C=O) groups is 1. The van der Waals surface area contributed by atoms with Gasteiger partial charge < -0.3 is 4.74 Å². The minimum absolute atomic E-state index is 0.132. The first-order valence-electron chi connectivity index (χ1n) is 6.22. The maximum absolute atomic E-state index is 13.7. The first-order valence-corrected chi connectivity index (χ1v) is 6.22. The van der Waals surface area contributed by atoms with Crippen molar-refractivity contribution in [3.05, 3.63) is 65.2 Å². The lowest BCUT2D eigenvalue weighted by Gasteiger charge is -2.06. The summed E-state index contributed by atoms with van der Waals surface area (Å²) in [6.45, 7) is 0. The molecule has 20 heavy (non-hydrogen) atoms. The summed E-state index contributed by atoms with van der Waals surface area (Å²) < 4.78 is 31.9. The first kappa shape index (κ1) is 14.2. The molecule has 0 aliphatic rings. The van der Waals surface area contributed by atoms with E-state index in [1.165, 1.54) is 7.11 Å². The summed E-state index contributed by atoms with van der Waals surface area (Å²) in [7, 11) is 1.24. The van der Waals surface area contributed by atoms with Crippen molar-refractivity contribution in [3.63, 3.8) is 0 Å². The van der Waals surface area contributed by atoms with E-state index in [0.29, 0.717) is 6.42 Å². The van der Waals surface area contributed by atoms with Gasteiger partial charge in [-0.3, -0.25) is 4.79 Å². The summed E-state index contributed by atoms with van der Waals surface area (Å²) >= 11 is 0. The molecule has 0 atom stereocenters. The van der Waals surface area contributed by atoms with Crippen LogP contribution in [0.2, 0.25) is 0 Å². The molecule has 2 rings (SSSR count). The average molecular weight is 276 g/mol. The van der Waals surface area contributed by atoms with Crippen molar-refractivity contribution in [2.75, 3.05) is 7.11 Å². The molecule has 0 N–H and O–H groups in total. The number of hydrogen-bond acceptors (Lipinski definition) is 2. The van der Waals surface area contributed by atoms with Gasteiger partial charge in [0.25, 0.3) is 0 Å². The monoisotopic (exact) mass is 276 g/mol. The third-order valence-electron chi connectivity index (χ3n) is 3.03. The van der Waals surface area contributed by atoms with Crippen LogP contribution in [-0.4, -0.2) is 12.9 Å². The average Bonchev–Trinajstić information content (AvgIpc) is 2.47. The Kier molecular flexibility index (Phi) is 4.45. The molecule has 0 unspecified atom stereocenters. The predicted molar refractivity (Wildman–Crippen MR) is 72.0 cm³/mol. The molecule has 0 bridgehead atoms. The van der Waals surface area contributed by atoms with Crippen LogP contribution in [0.25, 0.3) is 0 Å². The topological polar surface area (TPSA) is 26.3 Å². The molecule has 0 saturated carbocycles. The zero-order chi connectivity index (χ0) is 14.5. The fourth-order valence-corrected chi connectivity index (χ4v) is 1.94. The van der Waals surface area contributed by atoms with Gasteiger partial charge in [-0.1, -0.05) is 30.3 Å². The highest BCUT2D eigenvalue weighted by Crippen LogP contribution is 2.22. The van der Waals surface area contributed by atoms with Crippen LogP contribution in [0.5, 0.6) is 5.75 Å². The van der Waals surface area contributed by atoms with Gasteiger partial charge in [-0.2, -0.15) is 0 Å². The van der Waals surface area contributed by atoms with Crippen molar-refractivity contribution in [1.29, 1.82) is 0 Å². The van der Waals surface area contributed by atoms with Gasteiger partial charge in [0, 0.05) is 12.5 Å². The molecule has 0 amide bonds. The molecule has 104 valence electrons. The molecule has 2 aromatic rings. The van der Waals surface area contributed by atoms with E-state index >= 15 is 0 Å². The molecule has 0 heterocycles. The van der Waals surface area contributed by atoms with Crippen LogP contribution < -0.4 is 4.74 Å². The zero-order valence-electron chi connectivity index (χ0n) is 11.0. The Bertz CT molecular complexity index is 609. The molecule has 2 nitrogen and oxygen atoms in total. The van der Waals surface area contributed by atoms with Crippen molar-refractivity contribution < 1.29 is 18.3 Å². The van der Waals surface area contributed by atoms with Crippen molar-refractivity contribution in [2.24, 2.45) is 0 Å². The number of halogens is 2. The van der Waals surface area contributed by atoms with Gasteiger partial charge in [0.1, 0.15) is 5.82 Å². The van der Waals surface area contributed by atoms with E-state index in [1.807, 2.05) is 30.3 Å². The van der Waals surface area contributed by atoms with E-state index in [0.717, 1.165) is 17.7 Å². The fourth-order valence-electron chi connectivity index (χ4n) is 1.94. The Labute approximate surface area is 116 Å². The van der Waals surface area contributed by atoms with Crippen LogP contribution in [0.15, 0.2) is 42.5 Å². The summed E-state index contributed by atoms with van der Waals surface area (Å²) in [6.07, 6.45) is 0.624. The predicted octanol–water partition coefficient (Wildman–Crippen LogP) is 3.79. The van der Waals surface area contributed by atoms with Crippen molar-refractivity contribution >= 4 is 5.78 Å². The number of ketones is 1. The summed E-state index contributed by atoms with van der Waals surface area (Å²) in [5, 5.41) is 0. The van der Waals surface area contributed by atoms with Gasteiger partial charge in [-0.25, -0.2) is 8.78 Å². The second-order valence-corrected chi connectivity index (χ2v) is 4.38. The van der Waals surface area contributed by atoms with E-state index in [1.54, 1.807) is 0 Å². The summed E-state index contributed by atoms with van der Waals surface area (Å²) in [5.74, 6) is -2.13. The summed E-state index contributed by atoms with van der Waals surface area (Å²) in [5.41, 5.74) is 0.745. The highest BCUT2D eigenvalue weighted by Gasteiger charge is 2.16. The SMILES string of the molecule is COc1cc(F)c(C(=O)CCc2ccccc2)cc1F. The van der Waals surface area contributed by atoms with Gasteiger partial charge in [0.2, 0.25) is 0 Å². The second-order valence-electron chi connectivity index (χ2n) is 4.38. The highest BCUT2D eigenvalue weighted by atomic mass is 19.1. The van der Waals surface area contributed by atoms with Gasteiger partial charge in [0.15, 0.2) is 17.3 Å². The molecule has 0 spiro atoms. The lowest BCUT2D eigenvalue weighted by Crippen LogP contribution is -2.06. The van der Waals surface area contributed by atoms with Gasteiger partial charge in [-0.05, 0) is 18.1 Å². The van der Waals surface area contributed by atoms with Crippen LogP contribution in [-0.2, 0) is 6.42 Å². The lowest BCUT2D eigenvalue weighted by molar-refractivity contribution is 0.0978. The van der Waals surface area contributed by atoms with E-state index in [-0.39, 0.29) is 17.7 Å². The Morgan fingerprint density at radius 2 is 1.80 bits per heavy atom. The number of Topliss-reactive ketones (excluding diaryl/α,β-unsaturated/α-hetero) is 1. The third-order valence-corrected chi connectivity index (χ3v) is 3.03. The molecule has 0 aliphatic carbocycles. The van der Waals surface area contributed by atoms with E-state index in [9.17, 15) is 13.6 Å². The molecule has 0 saturated heterocycles. The first-order chi connectivity index (χ1) is 9.61. The fraction of sp³-hybridized carbons (Fsp3) is 0.188. The van der Waals surface area contributed by atoms with Crippen LogP contribution in [0.4, 0.5) is 8.78 Å². The molecule has 2 aromatic carbocycles. The van der Waals surface area contributed by atoms with Crippen LogP contribution in [0, 0.1) is 11.6 Å². The van der Waals surface area contributed by atoms with Crippen molar-refractivity contribution in [2.45, 2.75) is 12.8 Å². The van der Waals surface area contributed by atoms with E-state index in [4.69, 9.17) is 0 Å². The molecule has 0 fully saturated rings. The number of rotatable bonds is 5. The number of methoxy groups -OCH3 is 1. The van der Waals surface area contributed by atoms with Gasteiger partial charge in [0.05, 0.1) is 12.7 Å². The van der Waals surface area contributed by atoms with Crippen molar-refractivity contribution in [1.82, 2.24) is 0 Å². The van der Waals surface area contributed by atoms with Crippen LogP contribution in [0.3, 0.4) is 0 Å². The molecule has 0 aliphatic heterocycles. The normalized spacial score (nSPS) is 10.3. The number of carbonyl (C=O) groups excluding carboxylic acids is 1. The van der Waals surface area contributed by atoms with Crippen molar-refractivity contribution in [3.8, 4) is 5.75 Å². The van der Waals surface area contributed by atoms with Gasteiger partial charge >= 0.3 is 0 Å². The minimum Gasteiger partial charge on any atom is -0.494 e. The highest BCUT2D eigenvalue weighted by molar-refractivity contribution is 5.96. The molecule has 0 aromatic heterocycles. The molecular weight excluding hydrogens is 262 g/mol. The van der Waals surface area contributed by atoms with E-state index < -0.39 is 17.4 Å². The largest absolute Gasteiger partial charge is 0.494 e. The van der Waals surface area contributed by atoms with Crippen LogP contribution >= 0.6 is 0 Å². The molecule has 0 radical (unpaired) electrons. The Hall–Kier alpha value is -2.23. The summed E-state index contributed by atoms with van der Waals surface area (Å²) in [6, 6.07) is 11.2. The zero-order valence-corrected chi connectivity index (χ0v) is 11.0. The lowest BCUT2D eigenvalue weighted by atomic mass is 10.0. The number of benzene rings is 2. The Morgan fingerprint density at radius 1 is 1.10 bits per heavy atom. The maximum atomic E-state index is 13.7. The standard InChI is InChI=1S/C16H14F2O2/c1-20-16-10-13(17)12(9-14(16)18)15(19)8-7-11-5-3-2-4-6-11/h2-6,9-10H,7-8H2,1H3. The number of hydrogen-bond donors (Lipinski definition) is 0. The molecular formula is C16H14F2O2.